The van der Waals surface area contributed by atoms with Crippen LogP contribution in [0.1, 0.15) is 40.5 Å². The number of morpholine rings is 1. The molecule has 7 heteroatoms. The fourth-order valence-electron chi connectivity index (χ4n) is 3.18. The van der Waals surface area contributed by atoms with E-state index in [-0.39, 0.29) is 36.5 Å². The van der Waals surface area contributed by atoms with Gasteiger partial charge < -0.3 is 20.5 Å². The highest BCUT2D eigenvalue weighted by Gasteiger charge is 2.26. The van der Waals surface area contributed by atoms with Gasteiger partial charge in [-0.3, -0.25) is 9.89 Å². The molecule has 1 heterocycles. The van der Waals surface area contributed by atoms with E-state index in [2.05, 4.69) is 41.3 Å². The third kappa shape index (κ3) is 9.40. The molecule has 1 aliphatic heterocycles. The predicted molar refractivity (Wildman–Crippen MR) is 116 cm³/mol. The molecule has 1 aliphatic rings. The van der Waals surface area contributed by atoms with Crippen molar-refractivity contribution in [3.63, 3.8) is 0 Å². The van der Waals surface area contributed by atoms with Gasteiger partial charge in [0.15, 0.2) is 5.96 Å². The molecule has 150 valence electrons. The zero-order valence-electron chi connectivity index (χ0n) is 16.5. The largest absolute Gasteiger partial charge is 0.396 e. The minimum absolute atomic E-state index is 0. The average Bonchev–Trinajstić information content (AvgIpc) is 2.63. The summed E-state index contributed by atoms with van der Waals surface area (Å²) in [5.41, 5.74) is 0. The summed E-state index contributed by atoms with van der Waals surface area (Å²) >= 11 is 0. The Morgan fingerprint density at radius 2 is 1.80 bits per heavy atom. The van der Waals surface area contributed by atoms with Gasteiger partial charge in [-0.1, -0.05) is 33.6 Å². The van der Waals surface area contributed by atoms with Crippen molar-refractivity contribution in [2.24, 2.45) is 16.8 Å². The molecule has 0 aliphatic carbocycles. The molecule has 25 heavy (non-hydrogen) atoms. The minimum atomic E-state index is 0. The van der Waals surface area contributed by atoms with E-state index in [0.717, 1.165) is 45.4 Å². The lowest BCUT2D eigenvalue weighted by Crippen LogP contribution is -2.53. The van der Waals surface area contributed by atoms with Crippen LogP contribution in [0.4, 0.5) is 0 Å². The zero-order valence-corrected chi connectivity index (χ0v) is 18.8. The molecular formula is C18H39IN4O2. The second kappa shape index (κ2) is 15.0. The van der Waals surface area contributed by atoms with Crippen LogP contribution in [-0.2, 0) is 4.74 Å². The van der Waals surface area contributed by atoms with Gasteiger partial charge in [-0.2, -0.15) is 0 Å². The maximum Gasteiger partial charge on any atom is 0.191 e. The minimum Gasteiger partial charge on any atom is -0.396 e. The number of nitrogens with one attached hydrogen (secondary N) is 2. The van der Waals surface area contributed by atoms with E-state index >= 15 is 0 Å². The molecule has 0 aromatic carbocycles. The number of nitrogens with zero attached hydrogens (tertiary/aromatic N) is 2. The third-order valence-corrected chi connectivity index (χ3v) is 4.80. The normalized spacial score (nSPS) is 18.6. The quantitative estimate of drug-likeness (QED) is 0.259. The van der Waals surface area contributed by atoms with E-state index in [9.17, 15) is 5.11 Å². The Bertz CT molecular complexity index is 348. The first kappa shape index (κ1) is 24.9. The Morgan fingerprint density at radius 3 is 2.32 bits per heavy atom. The maximum atomic E-state index is 9.17. The molecule has 1 fully saturated rings. The fourth-order valence-corrected chi connectivity index (χ4v) is 3.18. The standard InChI is InChI=1S/C18H38N4O2.HI/c1-5-16(6-2)17(22-8-10-24-11-9-22)13-21-18(19-7-3)20-12-15(4)14-23;/h15-17,23H,5-14H2,1-4H3,(H2,19,20,21);1H. The van der Waals surface area contributed by atoms with Crippen LogP contribution in [0, 0.1) is 11.8 Å². The van der Waals surface area contributed by atoms with Gasteiger partial charge in [0.1, 0.15) is 0 Å². The molecule has 3 N–H and O–H groups in total. The van der Waals surface area contributed by atoms with Crippen LogP contribution in [0.5, 0.6) is 0 Å². The first-order valence-corrected chi connectivity index (χ1v) is 9.60. The van der Waals surface area contributed by atoms with Crippen LogP contribution in [0.3, 0.4) is 0 Å². The lowest BCUT2D eigenvalue weighted by molar-refractivity contribution is 0.00272. The van der Waals surface area contributed by atoms with Crippen molar-refractivity contribution in [2.45, 2.75) is 46.6 Å². The van der Waals surface area contributed by atoms with Crippen molar-refractivity contribution in [1.82, 2.24) is 15.5 Å². The molecule has 0 aromatic heterocycles. The average molecular weight is 470 g/mol. The monoisotopic (exact) mass is 470 g/mol. The molecule has 0 radical (unpaired) electrons. The zero-order chi connectivity index (χ0) is 17.8. The third-order valence-electron chi connectivity index (χ3n) is 4.80. The highest BCUT2D eigenvalue weighted by atomic mass is 127. The van der Waals surface area contributed by atoms with Crippen molar-refractivity contribution in [2.75, 3.05) is 52.5 Å². The Balaban J connectivity index is 0.00000576. The highest BCUT2D eigenvalue weighted by molar-refractivity contribution is 14.0. The smallest absolute Gasteiger partial charge is 0.191 e. The highest BCUT2D eigenvalue weighted by Crippen LogP contribution is 2.19. The summed E-state index contributed by atoms with van der Waals surface area (Å²) in [6, 6.07) is 0.503. The Hall–Kier alpha value is -0.120. The van der Waals surface area contributed by atoms with Crippen molar-refractivity contribution >= 4 is 29.9 Å². The summed E-state index contributed by atoms with van der Waals surface area (Å²) in [6.45, 7) is 14.9. The molecule has 0 aromatic rings. The van der Waals surface area contributed by atoms with Crippen molar-refractivity contribution in [3.8, 4) is 0 Å². The van der Waals surface area contributed by atoms with Crippen LogP contribution in [0.2, 0.25) is 0 Å². The second-order valence-electron chi connectivity index (χ2n) is 6.68. The first-order valence-electron chi connectivity index (χ1n) is 9.60. The van der Waals surface area contributed by atoms with Crippen LogP contribution < -0.4 is 10.6 Å². The van der Waals surface area contributed by atoms with Gasteiger partial charge in [-0.25, -0.2) is 0 Å². The van der Waals surface area contributed by atoms with E-state index in [1.807, 2.05) is 6.92 Å². The summed E-state index contributed by atoms with van der Waals surface area (Å²) in [5, 5.41) is 16.0. The van der Waals surface area contributed by atoms with Gasteiger partial charge >= 0.3 is 0 Å². The molecular weight excluding hydrogens is 431 g/mol. The number of aliphatic hydroxyl groups excluding tert-OH is 1. The molecule has 0 spiro atoms. The summed E-state index contributed by atoms with van der Waals surface area (Å²) < 4.78 is 5.52. The predicted octanol–water partition coefficient (Wildman–Crippen LogP) is 1.92. The van der Waals surface area contributed by atoms with Gasteiger partial charge in [0.05, 0.1) is 13.2 Å². The fraction of sp³-hybridized carbons (Fsp3) is 0.944. The first-order chi connectivity index (χ1) is 11.7. The Kier molecular flexibility index (Phi) is 14.9. The van der Waals surface area contributed by atoms with Crippen LogP contribution in [0.25, 0.3) is 0 Å². The molecule has 6 nitrogen and oxygen atoms in total. The maximum absolute atomic E-state index is 9.17. The summed E-state index contributed by atoms with van der Waals surface area (Å²) in [4.78, 5) is 7.17. The van der Waals surface area contributed by atoms with E-state index in [1.54, 1.807) is 0 Å². The van der Waals surface area contributed by atoms with E-state index < -0.39 is 0 Å². The number of rotatable bonds is 10. The van der Waals surface area contributed by atoms with E-state index in [1.165, 1.54) is 12.8 Å². The number of hydrogen-bond acceptors (Lipinski definition) is 4. The number of halogens is 1. The molecule has 2 atom stereocenters. The van der Waals surface area contributed by atoms with Crippen molar-refractivity contribution in [1.29, 1.82) is 0 Å². The molecule has 1 saturated heterocycles. The van der Waals surface area contributed by atoms with Crippen molar-refractivity contribution in [3.05, 3.63) is 0 Å². The number of guanidine groups is 1. The summed E-state index contributed by atoms with van der Waals surface area (Å²) in [7, 11) is 0. The van der Waals surface area contributed by atoms with E-state index in [4.69, 9.17) is 4.74 Å². The molecule has 1 rings (SSSR count). The Morgan fingerprint density at radius 1 is 1.16 bits per heavy atom. The van der Waals surface area contributed by atoms with Gasteiger partial charge in [0.25, 0.3) is 0 Å². The topological polar surface area (TPSA) is 69.1 Å². The van der Waals surface area contributed by atoms with Crippen LogP contribution in [-0.4, -0.2) is 74.6 Å². The lowest BCUT2D eigenvalue weighted by atomic mass is 9.92. The SMILES string of the molecule is CCNC(=NCC(C)CO)NCC(C(CC)CC)N1CCOCC1.I. The van der Waals surface area contributed by atoms with E-state index in [0.29, 0.717) is 18.5 Å². The van der Waals surface area contributed by atoms with Crippen molar-refractivity contribution < 1.29 is 9.84 Å². The van der Waals surface area contributed by atoms with Gasteiger partial charge in [-0.05, 0) is 18.8 Å². The van der Waals surface area contributed by atoms with Gasteiger partial charge in [0.2, 0.25) is 0 Å². The molecule has 0 amide bonds. The number of ether oxygens (including phenoxy) is 1. The summed E-state index contributed by atoms with van der Waals surface area (Å²) in [5.74, 6) is 1.71. The van der Waals surface area contributed by atoms with Gasteiger partial charge in [0, 0.05) is 45.4 Å². The Labute approximate surface area is 171 Å². The van der Waals surface area contributed by atoms with Crippen LogP contribution in [0.15, 0.2) is 4.99 Å². The summed E-state index contributed by atoms with van der Waals surface area (Å²) in [6.07, 6.45) is 2.38. The molecule has 2 unspecified atom stereocenters. The molecule has 0 bridgehead atoms. The lowest BCUT2D eigenvalue weighted by Gasteiger charge is -2.39. The molecule has 0 saturated carbocycles. The van der Waals surface area contributed by atoms with Gasteiger partial charge in [-0.15, -0.1) is 24.0 Å². The number of hydrogen-bond donors (Lipinski definition) is 3. The number of aliphatic hydroxyl groups is 1. The van der Waals surface area contributed by atoms with Crippen LogP contribution >= 0.6 is 24.0 Å². The second-order valence-corrected chi connectivity index (χ2v) is 6.68. The number of aliphatic imine (C=N–C) groups is 1.